The third-order valence-electron chi connectivity index (χ3n) is 5.65. The van der Waals surface area contributed by atoms with E-state index in [2.05, 4.69) is 24.4 Å². The van der Waals surface area contributed by atoms with Gasteiger partial charge in [-0.05, 0) is 38.1 Å². The summed E-state index contributed by atoms with van der Waals surface area (Å²) >= 11 is 0. The zero-order chi connectivity index (χ0) is 22.2. The van der Waals surface area contributed by atoms with Crippen LogP contribution < -0.4 is 19.9 Å². The van der Waals surface area contributed by atoms with Crippen LogP contribution in [0.4, 0.5) is 5.69 Å². The summed E-state index contributed by atoms with van der Waals surface area (Å²) < 4.78 is 10.6. The number of carbonyl (C=O) groups excluding carboxylic acids is 2. The van der Waals surface area contributed by atoms with E-state index in [1.807, 2.05) is 6.07 Å². The second-order valence-electron chi connectivity index (χ2n) is 7.98. The van der Waals surface area contributed by atoms with E-state index in [4.69, 9.17) is 9.47 Å². The largest absolute Gasteiger partial charge is 0.496 e. The smallest absolute Gasteiger partial charge is 0.340 e. The summed E-state index contributed by atoms with van der Waals surface area (Å²) in [7, 11) is 1.71. The van der Waals surface area contributed by atoms with Crippen molar-refractivity contribution >= 4 is 17.6 Å². The Morgan fingerprint density at radius 3 is 2.45 bits per heavy atom. The second-order valence-corrected chi connectivity index (χ2v) is 7.98. The highest BCUT2D eigenvalue weighted by Gasteiger charge is 2.26. The molecule has 3 rings (SSSR count). The van der Waals surface area contributed by atoms with Gasteiger partial charge in [0, 0.05) is 5.56 Å². The predicted molar refractivity (Wildman–Crippen MR) is 119 cm³/mol. The molecule has 3 N–H and O–H groups in total. The van der Waals surface area contributed by atoms with Crippen molar-refractivity contribution in [3.05, 3.63) is 59.2 Å². The lowest BCUT2D eigenvalue weighted by Gasteiger charge is -2.29. The van der Waals surface area contributed by atoms with Gasteiger partial charge in [0.2, 0.25) is 0 Å². The Kier molecular flexibility index (Phi) is 8.03. The standard InChI is InChI=1S/C24H31N3O4/c1-4-31-24(29)20-7-5-6-8-21(20)25-23(28)17-27-13-11-26(12-14-27)16-19-15-18(2)9-10-22(19)30-3/h5-10,15H,4,11-14,16-17H2,1-3H3,(H,25,28)/p+2. The van der Waals surface area contributed by atoms with Crippen LogP contribution in [-0.2, 0) is 16.1 Å². The fourth-order valence-corrected chi connectivity index (χ4v) is 4.03. The van der Waals surface area contributed by atoms with E-state index in [0.717, 1.165) is 38.5 Å². The van der Waals surface area contributed by atoms with Crippen LogP contribution in [0.15, 0.2) is 42.5 Å². The molecule has 0 bridgehead atoms. The van der Waals surface area contributed by atoms with Crippen molar-refractivity contribution in [2.24, 2.45) is 0 Å². The average molecular weight is 428 g/mol. The van der Waals surface area contributed by atoms with Gasteiger partial charge in [-0.15, -0.1) is 0 Å². The summed E-state index contributed by atoms with van der Waals surface area (Å²) in [6, 6.07) is 13.3. The number of rotatable bonds is 8. The molecule has 0 unspecified atom stereocenters. The first-order valence-corrected chi connectivity index (χ1v) is 10.9. The zero-order valence-corrected chi connectivity index (χ0v) is 18.6. The fraction of sp³-hybridized carbons (Fsp3) is 0.417. The number of anilines is 1. The number of ether oxygens (including phenoxy) is 2. The van der Waals surface area contributed by atoms with Gasteiger partial charge in [-0.2, -0.15) is 0 Å². The molecule has 0 spiro atoms. The van der Waals surface area contributed by atoms with Crippen molar-refractivity contribution in [2.45, 2.75) is 20.4 Å². The first-order valence-electron chi connectivity index (χ1n) is 10.9. The molecule has 7 nitrogen and oxygen atoms in total. The van der Waals surface area contributed by atoms with E-state index in [1.54, 1.807) is 38.3 Å². The molecular weight excluding hydrogens is 394 g/mol. The summed E-state index contributed by atoms with van der Waals surface area (Å²) in [5.41, 5.74) is 3.35. The lowest BCUT2D eigenvalue weighted by atomic mass is 10.1. The summed E-state index contributed by atoms with van der Waals surface area (Å²) in [5, 5.41) is 2.89. The van der Waals surface area contributed by atoms with E-state index in [1.165, 1.54) is 20.9 Å². The Morgan fingerprint density at radius 2 is 1.74 bits per heavy atom. The van der Waals surface area contributed by atoms with Crippen LogP contribution in [0.25, 0.3) is 0 Å². The average Bonchev–Trinajstić information content (AvgIpc) is 2.76. The number of hydrogen-bond acceptors (Lipinski definition) is 4. The van der Waals surface area contributed by atoms with Crippen LogP contribution in [0, 0.1) is 6.92 Å². The molecule has 1 aliphatic heterocycles. The van der Waals surface area contributed by atoms with Gasteiger partial charge in [0.1, 0.15) is 38.5 Å². The van der Waals surface area contributed by atoms with Gasteiger partial charge in [0.15, 0.2) is 6.54 Å². The van der Waals surface area contributed by atoms with Crippen LogP contribution in [-0.4, -0.2) is 58.3 Å². The highest BCUT2D eigenvalue weighted by molar-refractivity contribution is 6.01. The van der Waals surface area contributed by atoms with Crippen molar-refractivity contribution in [3.8, 4) is 5.75 Å². The minimum atomic E-state index is -0.422. The molecule has 1 amide bonds. The molecule has 7 heteroatoms. The van der Waals surface area contributed by atoms with Gasteiger partial charge in [0.05, 0.1) is 25.0 Å². The van der Waals surface area contributed by atoms with Gasteiger partial charge >= 0.3 is 5.97 Å². The number of quaternary nitrogens is 2. The third-order valence-corrected chi connectivity index (χ3v) is 5.65. The van der Waals surface area contributed by atoms with E-state index < -0.39 is 5.97 Å². The monoisotopic (exact) mass is 427 g/mol. The van der Waals surface area contributed by atoms with Crippen LogP contribution >= 0.6 is 0 Å². The Hall–Kier alpha value is -2.90. The van der Waals surface area contributed by atoms with E-state index in [0.29, 0.717) is 24.4 Å². The quantitative estimate of drug-likeness (QED) is 0.523. The normalized spacial score (nSPS) is 18.3. The molecule has 1 heterocycles. The molecule has 0 aliphatic carbocycles. The van der Waals surface area contributed by atoms with Crippen molar-refractivity contribution in [1.82, 2.24) is 0 Å². The first-order chi connectivity index (χ1) is 15.0. The molecule has 31 heavy (non-hydrogen) atoms. The van der Waals surface area contributed by atoms with Gasteiger partial charge in [-0.3, -0.25) is 4.79 Å². The molecule has 166 valence electrons. The molecular formula is C24H33N3O4+2. The molecule has 0 radical (unpaired) electrons. The lowest BCUT2D eigenvalue weighted by Crippen LogP contribution is -3.28. The SMILES string of the molecule is CCOC(=O)c1ccccc1NC(=O)C[NH+]1CC[NH+](Cc2cc(C)ccc2OC)CC1. The number of hydrogen-bond donors (Lipinski definition) is 3. The molecule has 2 aromatic rings. The third kappa shape index (κ3) is 6.29. The van der Waals surface area contributed by atoms with Crippen LogP contribution in [0.5, 0.6) is 5.75 Å². The number of esters is 1. The topological polar surface area (TPSA) is 73.5 Å². The van der Waals surface area contributed by atoms with Crippen molar-refractivity contribution in [1.29, 1.82) is 0 Å². The van der Waals surface area contributed by atoms with Crippen molar-refractivity contribution < 1.29 is 28.9 Å². The summed E-state index contributed by atoms with van der Waals surface area (Å²) in [4.78, 5) is 27.5. The summed E-state index contributed by atoms with van der Waals surface area (Å²) in [6.07, 6.45) is 0. The zero-order valence-electron chi connectivity index (χ0n) is 18.6. The maximum atomic E-state index is 12.6. The minimum Gasteiger partial charge on any atom is -0.496 e. The minimum absolute atomic E-state index is 0.0875. The first kappa shape index (κ1) is 22.8. The lowest BCUT2D eigenvalue weighted by molar-refractivity contribution is -1.02. The molecule has 0 aromatic heterocycles. The van der Waals surface area contributed by atoms with Crippen LogP contribution in [0.3, 0.4) is 0 Å². The molecule has 2 aromatic carbocycles. The molecule has 1 aliphatic rings. The Morgan fingerprint density at radius 1 is 1.03 bits per heavy atom. The van der Waals surface area contributed by atoms with Gasteiger partial charge < -0.3 is 24.6 Å². The second kappa shape index (κ2) is 10.9. The Bertz CT molecular complexity index is 907. The number of piperazine rings is 1. The maximum Gasteiger partial charge on any atom is 0.340 e. The van der Waals surface area contributed by atoms with E-state index in [-0.39, 0.29) is 5.91 Å². The number of methoxy groups -OCH3 is 1. The number of amides is 1. The highest BCUT2D eigenvalue weighted by atomic mass is 16.5. The number of para-hydroxylation sites is 1. The van der Waals surface area contributed by atoms with Gasteiger partial charge in [-0.25, -0.2) is 4.79 Å². The molecule has 1 saturated heterocycles. The number of carbonyl (C=O) groups is 2. The van der Waals surface area contributed by atoms with Gasteiger partial charge in [0.25, 0.3) is 5.91 Å². The van der Waals surface area contributed by atoms with Crippen molar-refractivity contribution in [3.63, 3.8) is 0 Å². The fourth-order valence-electron chi connectivity index (χ4n) is 4.03. The Labute approximate surface area is 183 Å². The summed E-state index contributed by atoms with van der Waals surface area (Å²) in [5.74, 6) is 0.428. The molecule has 0 saturated carbocycles. The number of benzene rings is 2. The highest BCUT2D eigenvalue weighted by Crippen LogP contribution is 2.18. The van der Waals surface area contributed by atoms with Crippen LogP contribution in [0.1, 0.15) is 28.4 Å². The predicted octanol–water partition coefficient (Wildman–Crippen LogP) is 0.102. The van der Waals surface area contributed by atoms with Crippen LogP contribution in [0.2, 0.25) is 0 Å². The number of nitrogens with one attached hydrogen (secondary N) is 3. The van der Waals surface area contributed by atoms with E-state index >= 15 is 0 Å². The van der Waals surface area contributed by atoms with Crippen molar-refractivity contribution in [2.75, 3.05) is 51.8 Å². The Balaban J connectivity index is 1.51. The number of aryl methyl sites for hydroxylation is 1. The molecule has 0 atom stereocenters. The maximum absolute atomic E-state index is 12.6. The van der Waals surface area contributed by atoms with E-state index in [9.17, 15) is 9.59 Å². The molecule has 1 fully saturated rings. The summed E-state index contributed by atoms with van der Waals surface area (Å²) in [6.45, 7) is 9.32. The van der Waals surface area contributed by atoms with Gasteiger partial charge in [-0.1, -0.05) is 23.8 Å².